The van der Waals surface area contributed by atoms with Crippen molar-refractivity contribution < 1.29 is 14.4 Å². The highest BCUT2D eigenvalue weighted by atomic mass is 16.7. The number of likely N-dealkylation sites (N-methyl/N-ethyl adjacent to an activating group) is 1. The zero-order valence-corrected chi connectivity index (χ0v) is 15.6. The topological polar surface area (TPSA) is 50.7 Å². The molecule has 0 spiro atoms. The largest absolute Gasteiger partial charge is 0.507 e. The predicted octanol–water partition coefficient (Wildman–Crippen LogP) is 3.78. The van der Waals surface area contributed by atoms with Crippen LogP contribution in [0.25, 0.3) is 16.8 Å². The van der Waals surface area contributed by atoms with Crippen molar-refractivity contribution in [3.63, 3.8) is 0 Å². The summed E-state index contributed by atoms with van der Waals surface area (Å²) < 4.78 is 12.4. The lowest BCUT2D eigenvalue weighted by Crippen LogP contribution is -2.41. The van der Waals surface area contributed by atoms with Crippen molar-refractivity contribution in [1.29, 1.82) is 0 Å². The summed E-state index contributed by atoms with van der Waals surface area (Å²) in [6, 6.07) is 11.5. The van der Waals surface area contributed by atoms with Crippen molar-refractivity contribution in [1.82, 2.24) is 5.32 Å². The van der Waals surface area contributed by atoms with Gasteiger partial charge in [-0.3, -0.25) is 0 Å². The molecule has 5 heteroatoms. The lowest BCUT2D eigenvalue weighted by molar-refractivity contribution is 0.00578. The summed E-state index contributed by atoms with van der Waals surface area (Å²) in [6.45, 7) is 8.88. The molecule has 132 valence electrons. The van der Waals surface area contributed by atoms with Crippen molar-refractivity contribution >= 4 is 24.0 Å². The van der Waals surface area contributed by atoms with E-state index in [0.717, 1.165) is 21.8 Å². The van der Waals surface area contributed by atoms with Gasteiger partial charge in [-0.2, -0.15) is 0 Å². The number of fused-ring (bicyclic) bond motifs is 1. The van der Waals surface area contributed by atoms with E-state index in [1.807, 2.05) is 37.4 Å². The van der Waals surface area contributed by atoms with Gasteiger partial charge in [0.05, 0.1) is 11.2 Å². The molecule has 25 heavy (non-hydrogen) atoms. The summed E-state index contributed by atoms with van der Waals surface area (Å²) in [4.78, 5) is 0. The number of hydrogen-bond acceptors (Lipinski definition) is 4. The minimum Gasteiger partial charge on any atom is -0.507 e. The quantitative estimate of drug-likeness (QED) is 0.833. The fourth-order valence-electron chi connectivity index (χ4n) is 3.03. The van der Waals surface area contributed by atoms with Crippen LogP contribution < -0.4 is 5.32 Å². The van der Waals surface area contributed by atoms with Crippen LogP contribution in [0.1, 0.15) is 33.3 Å². The van der Waals surface area contributed by atoms with Crippen LogP contribution in [0.3, 0.4) is 0 Å². The summed E-state index contributed by atoms with van der Waals surface area (Å²) in [5.74, 6) is 0.290. The number of rotatable bonds is 4. The summed E-state index contributed by atoms with van der Waals surface area (Å²) in [5.41, 5.74) is 1.31. The Kier molecular flexibility index (Phi) is 4.67. The lowest BCUT2D eigenvalue weighted by atomic mass is 9.76. The van der Waals surface area contributed by atoms with Crippen LogP contribution in [-0.4, -0.2) is 37.0 Å². The van der Waals surface area contributed by atoms with E-state index in [9.17, 15) is 5.11 Å². The van der Waals surface area contributed by atoms with Crippen LogP contribution in [0.5, 0.6) is 5.75 Å². The molecule has 1 fully saturated rings. The second-order valence-corrected chi connectivity index (χ2v) is 7.56. The maximum absolute atomic E-state index is 10.1. The van der Waals surface area contributed by atoms with E-state index in [0.29, 0.717) is 12.3 Å². The third kappa shape index (κ3) is 3.32. The van der Waals surface area contributed by atoms with Crippen LogP contribution in [-0.2, 0) is 9.31 Å². The first-order valence-corrected chi connectivity index (χ1v) is 8.66. The predicted molar refractivity (Wildman–Crippen MR) is 104 cm³/mol. The van der Waals surface area contributed by atoms with Gasteiger partial charge in [0.15, 0.2) is 0 Å². The van der Waals surface area contributed by atoms with Gasteiger partial charge in [0.2, 0.25) is 0 Å². The molecule has 0 bridgehead atoms. The van der Waals surface area contributed by atoms with Crippen molar-refractivity contribution in [2.75, 3.05) is 13.6 Å². The van der Waals surface area contributed by atoms with Crippen LogP contribution >= 0.6 is 0 Å². The first-order valence-electron chi connectivity index (χ1n) is 8.66. The molecule has 0 atom stereocenters. The highest BCUT2D eigenvalue weighted by Crippen LogP contribution is 2.39. The Morgan fingerprint density at radius 3 is 2.24 bits per heavy atom. The fourth-order valence-corrected chi connectivity index (χ4v) is 3.03. The average molecular weight is 339 g/mol. The van der Waals surface area contributed by atoms with Gasteiger partial charge in [0.25, 0.3) is 0 Å². The van der Waals surface area contributed by atoms with Crippen LogP contribution in [0.2, 0.25) is 0 Å². The van der Waals surface area contributed by atoms with Crippen molar-refractivity contribution in [3.05, 3.63) is 47.4 Å². The Bertz CT molecular complexity index is 798. The second kappa shape index (κ2) is 6.48. The Balaban J connectivity index is 2.04. The third-order valence-corrected chi connectivity index (χ3v) is 5.21. The molecule has 0 aromatic heterocycles. The molecule has 1 aliphatic rings. The molecular formula is C20H26BNO3. The second-order valence-electron chi connectivity index (χ2n) is 7.56. The molecule has 3 rings (SSSR count). The molecule has 0 aliphatic carbocycles. The number of benzene rings is 2. The number of nitrogens with one attached hydrogen (secondary N) is 1. The van der Waals surface area contributed by atoms with E-state index >= 15 is 0 Å². The fraction of sp³-hybridized carbons (Fsp3) is 0.400. The SMILES string of the molecule is CNCC(=Cc1ccc(O)c2ccccc12)B1OC(C)(C)C(C)(C)O1. The van der Waals surface area contributed by atoms with Crippen molar-refractivity contribution in [2.24, 2.45) is 0 Å². The molecule has 0 unspecified atom stereocenters. The first-order chi connectivity index (χ1) is 11.7. The average Bonchev–Trinajstić information content (AvgIpc) is 2.77. The molecule has 2 aromatic rings. The van der Waals surface area contributed by atoms with E-state index < -0.39 is 7.12 Å². The molecule has 0 amide bonds. The Labute approximate surface area is 150 Å². The van der Waals surface area contributed by atoms with Gasteiger partial charge < -0.3 is 19.7 Å². The number of hydrogen-bond donors (Lipinski definition) is 2. The molecule has 4 nitrogen and oxygen atoms in total. The Morgan fingerprint density at radius 1 is 1.04 bits per heavy atom. The number of aromatic hydroxyl groups is 1. The first kappa shape index (κ1) is 18.0. The summed E-state index contributed by atoms with van der Waals surface area (Å²) >= 11 is 0. The van der Waals surface area contributed by atoms with Crippen LogP contribution in [0.15, 0.2) is 41.9 Å². The highest BCUT2D eigenvalue weighted by molar-refractivity contribution is 6.56. The molecule has 1 heterocycles. The standard InChI is InChI=1S/C20H26BNO3/c1-19(2)20(3,4)25-21(24-19)15(13-22-5)12-14-10-11-18(23)17-9-7-6-8-16(14)17/h6-12,22-23H,13H2,1-5H3. The zero-order chi connectivity index (χ0) is 18.2. The normalized spacial score (nSPS) is 19.6. The van der Waals surface area contributed by atoms with Crippen molar-refractivity contribution in [3.8, 4) is 5.75 Å². The van der Waals surface area contributed by atoms with Crippen LogP contribution in [0, 0.1) is 0 Å². The van der Waals surface area contributed by atoms with Gasteiger partial charge in [0.1, 0.15) is 5.75 Å². The molecule has 1 saturated heterocycles. The maximum atomic E-state index is 10.1. The van der Waals surface area contributed by atoms with Crippen molar-refractivity contribution in [2.45, 2.75) is 38.9 Å². The third-order valence-electron chi connectivity index (χ3n) is 5.21. The lowest BCUT2D eigenvalue weighted by Gasteiger charge is -2.32. The van der Waals surface area contributed by atoms with E-state index in [4.69, 9.17) is 9.31 Å². The highest BCUT2D eigenvalue weighted by Gasteiger charge is 2.52. The van der Waals surface area contributed by atoms with E-state index in [1.54, 1.807) is 6.07 Å². The van der Waals surface area contributed by atoms with Gasteiger partial charge in [-0.1, -0.05) is 36.4 Å². The number of phenols is 1. The van der Waals surface area contributed by atoms with Gasteiger partial charge in [-0.25, -0.2) is 0 Å². The summed E-state index contributed by atoms with van der Waals surface area (Å²) in [6.07, 6.45) is 2.10. The molecular weight excluding hydrogens is 313 g/mol. The minimum absolute atomic E-state index is 0.290. The molecule has 0 radical (unpaired) electrons. The van der Waals surface area contributed by atoms with E-state index in [1.165, 1.54) is 0 Å². The summed E-state index contributed by atoms with van der Waals surface area (Å²) in [7, 11) is 1.51. The molecule has 2 N–H and O–H groups in total. The monoisotopic (exact) mass is 339 g/mol. The molecule has 0 saturated carbocycles. The summed E-state index contributed by atoms with van der Waals surface area (Å²) in [5, 5.41) is 15.1. The van der Waals surface area contributed by atoms with Gasteiger partial charge >= 0.3 is 7.12 Å². The smallest absolute Gasteiger partial charge is 0.491 e. The number of phenolic OH excluding ortho intramolecular Hbond substituents is 1. The van der Waals surface area contributed by atoms with Gasteiger partial charge in [0, 0.05) is 11.9 Å². The van der Waals surface area contributed by atoms with E-state index in [2.05, 4.69) is 39.1 Å². The molecule has 2 aromatic carbocycles. The van der Waals surface area contributed by atoms with Crippen LogP contribution in [0.4, 0.5) is 0 Å². The maximum Gasteiger partial charge on any atom is 0.491 e. The van der Waals surface area contributed by atoms with Gasteiger partial charge in [-0.15, -0.1) is 0 Å². The van der Waals surface area contributed by atoms with E-state index in [-0.39, 0.29) is 11.2 Å². The van der Waals surface area contributed by atoms with Gasteiger partial charge in [-0.05, 0) is 57.2 Å². The zero-order valence-electron chi connectivity index (χ0n) is 15.6. The Hall–Kier alpha value is -1.82. The minimum atomic E-state index is -0.398. The Morgan fingerprint density at radius 2 is 1.64 bits per heavy atom. The molecule has 1 aliphatic heterocycles.